The number of halogens is 2. The quantitative estimate of drug-likeness (QED) is 0.260. The van der Waals surface area contributed by atoms with E-state index in [-0.39, 0.29) is 23.2 Å². The van der Waals surface area contributed by atoms with Gasteiger partial charge in [-0.25, -0.2) is 0 Å². The molecule has 208 valence electrons. The van der Waals surface area contributed by atoms with Crippen LogP contribution in [-0.2, 0) is 16.8 Å². The van der Waals surface area contributed by atoms with Crippen LogP contribution in [0.5, 0.6) is 0 Å². The number of fused-ring (bicyclic) bond motifs is 1. The van der Waals surface area contributed by atoms with Crippen LogP contribution in [0.2, 0.25) is 10.0 Å². The second-order valence-electron chi connectivity index (χ2n) is 12.1. The van der Waals surface area contributed by atoms with Gasteiger partial charge in [-0.15, -0.1) is 0 Å². The molecule has 0 amide bonds. The molecule has 5 heteroatoms. The molecule has 0 fully saturated rings. The molecule has 1 aliphatic heterocycles. The van der Waals surface area contributed by atoms with E-state index in [0.29, 0.717) is 23.0 Å². The first kappa shape index (κ1) is 27.6. The van der Waals surface area contributed by atoms with E-state index in [2.05, 4.69) is 79.5 Å². The fraction of sp³-hybridized carbons (Fsp3) is 0.250. The zero-order chi connectivity index (χ0) is 28.7. The topological polar surface area (TPSA) is 32.3 Å². The second-order valence-corrected chi connectivity index (χ2v) is 13.0. The van der Waals surface area contributed by atoms with Crippen LogP contribution in [0.3, 0.4) is 0 Å². The summed E-state index contributed by atoms with van der Waals surface area (Å²) in [7, 11) is 0. The third kappa shape index (κ3) is 5.54. The van der Waals surface area contributed by atoms with Gasteiger partial charge in [-0.2, -0.15) is 0 Å². The summed E-state index contributed by atoms with van der Waals surface area (Å²) in [6.07, 6.45) is 1.19. The summed E-state index contributed by atoms with van der Waals surface area (Å²) in [5.41, 5.74) is 8.35. The number of hydrogen-bond acceptors (Lipinski definition) is 3. The van der Waals surface area contributed by atoms with Crippen molar-refractivity contribution >= 4 is 40.4 Å². The van der Waals surface area contributed by atoms with Crippen molar-refractivity contribution in [1.82, 2.24) is 0 Å². The molecule has 0 saturated heterocycles. The first-order valence-electron chi connectivity index (χ1n) is 14.2. The van der Waals surface area contributed by atoms with Gasteiger partial charge in [-0.05, 0) is 64.3 Å². The molecular weight excluding hydrogens is 547 g/mol. The van der Waals surface area contributed by atoms with Gasteiger partial charge in [0, 0.05) is 34.3 Å². The smallest absolute Gasteiger partial charge is 0.163 e. The monoisotopic (exact) mass is 580 g/mol. The van der Waals surface area contributed by atoms with Gasteiger partial charge in [0.15, 0.2) is 5.78 Å². The van der Waals surface area contributed by atoms with Gasteiger partial charge >= 0.3 is 0 Å². The second kappa shape index (κ2) is 11.0. The summed E-state index contributed by atoms with van der Waals surface area (Å²) < 4.78 is 0. The van der Waals surface area contributed by atoms with E-state index in [4.69, 9.17) is 23.2 Å². The Labute approximate surface area is 252 Å². The number of carbonyl (C=O) groups excluding carboxylic acids is 1. The number of hydrogen-bond donors (Lipinski definition) is 1. The number of benzene rings is 4. The fourth-order valence-electron chi connectivity index (χ4n) is 6.15. The van der Waals surface area contributed by atoms with Crippen LogP contribution in [0.1, 0.15) is 67.8 Å². The Bertz CT molecular complexity index is 1620. The van der Waals surface area contributed by atoms with Gasteiger partial charge in [0.1, 0.15) is 0 Å². The lowest BCUT2D eigenvalue weighted by Gasteiger charge is -2.37. The molecule has 3 nitrogen and oxygen atoms in total. The summed E-state index contributed by atoms with van der Waals surface area (Å²) in [5.74, 6) is 0.238. The molecule has 1 heterocycles. The number of nitrogens with one attached hydrogen (secondary N) is 1. The summed E-state index contributed by atoms with van der Waals surface area (Å²) in [5, 5.41) is 4.85. The van der Waals surface area contributed by atoms with Crippen molar-refractivity contribution in [3.63, 3.8) is 0 Å². The van der Waals surface area contributed by atoms with Gasteiger partial charge in [0.2, 0.25) is 0 Å². The Hall–Kier alpha value is -3.53. The van der Waals surface area contributed by atoms with Crippen molar-refractivity contribution in [3.05, 3.63) is 141 Å². The molecule has 0 aromatic heterocycles. The predicted molar refractivity (Wildman–Crippen MR) is 171 cm³/mol. The van der Waals surface area contributed by atoms with E-state index >= 15 is 0 Å². The lowest BCUT2D eigenvalue weighted by Crippen LogP contribution is -2.34. The maximum Gasteiger partial charge on any atom is 0.163 e. The molecule has 0 bridgehead atoms. The standard InChI is InChI=1S/C36H34Cl2N2O/c1-36(2,3)26-15-13-24(14-16-26)25-19-31-34(33(41)20-25)35(28-18-17-27(37)21-29(28)38)40(22-23-9-5-4-6-10-23)32-12-8-7-11-30(32)39-31/h4-18,21,25,35,39H,19-20,22H2,1-3H3/t25-,35+/m0/s1. The number of allylic oxidation sites excluding steroid dienone is 1. The molecule has 1 N–H and O–H groups in total. The van der Waals surface area contributed by atoms with Gasteiger partial charge in [0.25, 0.3) is 0 Å². The van der Waals surface area contributed by atoms with E-state index in [1.807, 2.05) is 42.5 Å². The zero-order valence-corrected chi connectivity index (χ0v) is 25.1. The Morgan fingerprint density at radius 3 is 2.27 bits per heavy atom. The maximum absolute atomic E-state index is 14.3. The Kier molecular flexibility index (Phi) is 7.44. The summed E-state index contributed by atoms with van der Waals surface area (Å²) in [4.78, 5) is 16.6. The van der Waals surface area contributed by atoms with Crippen LogP contribution in [0.15, 0.2) is 108 Å². The highest BCUT2D eigenvalue weighted by molar-refractivity contribution is 6.35. The van der Waals surface area contributed by atoms with Crippen molar-refractivity contribution in [2.45, 2.75) is 57.5 Å². The van der Waals surface area contributed by atoms with E-state index in [1.165, 1.54) is 11.1 Å². The van der Waals surface area contributed by atoms with Crippen LogP contribution in [0, 0.1) is 0 Å². The Balaban J connectivity index is 1.49. The fourth-order valence-corrected chi connectivity index (χ4v) is 6.66. The van der Waals surface area contributed by atoms with Gasteiger partial charge in [0.05, 0.1) is 17.4 Å². The lowest BCUT2D eigenvalue weighted by molar-refractivity contribution is -0.116. The summed E-state index contributed by atoms with van der Waals surface area (Å²) in [6, 6.07) is 32.7. The molecule has 4 aromatic carbocycles. The zero-order valence-electron chi connectivity index (χ0n) is 23.6. The van der Waals surface area contributed by atoms with Crippen molar-refractivity contribution in [1.29, 1.82) is 0 Å². The Morgan fingerprint density at radius 2 is 1.56 bits per heavy atom. The molecule has 0 saturated carbocycles. The van der Waals surface area contributed by atoms with Crippen molar-refractivity contribution in [2.24, 2.45) is 0 Å². The van der Waals surface area contributed by atoms with Crippen molar-refractivity contribution in [2.75, 3.05) is 10.2 Å². The largest absolute Gasteiger partial charge is 0.357 e. The van der Waals surface area contributed by atoms with Gasteiger partial charge in [-0.3, -0.25) is 4.79 Å². The van der Waals surface area contributed by atoms with E-state index in [0.717, 1.165) is 40.2 Å². The molecule has 0 spiro atoms. The highest BCUT2D eigenvalue weighted by atomic mass is 35.5. The molecule has 6 rings (SSSR count). The number of Topliss-reactive ketones (excluding diaryl/α,β-unsaturated/α-hetero) is 1. The third-order valence-electron chi connectivity index (χ3n) is 8.29. The van der Waals surface area contributed by atoms with Crippen LogP contribution in [0.25, 0.3) is 0 Å². The van der Waals surface area contributed by atoms with Gasteiger partial charge in [-0.1, -0.05) is 117 Å². The lowest BCUT2D eigenvalue weighted by atomic mass is 9.77. The van der Waals surface area contributed by atoms with Crippen LogP contribution in [0.4, 0.5) is 11.4 Å². The average molecular weight is 582 g/mol. The molecule has 4 aromatic rings. The molecular formula is C36H34Cl2N2O. The number of carbonyl (C=O) groups is 1. The number of ketones is 1. The molecule has 2 aliphatic rings. The molecule has 1 aliphatic carbocycles. The molecule has 2 atom stereocenters. The SMILES string of the molecule is CC(C)(C)c1ccc([C@@H]2CC(=O)C3=C(C2)Nc2ccccc2N(Cc2ccccc2)[C@@H]3c2ccc(Cl)cc2Cl)cc1. The Morgan fingerprint density at radius 1 is 0.854 bits per heavy atom. The molecule has 0 radical (unpaired) electrons. The van der Waals surface area contributed by atoms with Crippen molar-refractivity contribution < 1.29 is 4.79 Å². The predicted octanol–water partition coefficient (Wildman–Crippen LogP) is 9.87. The normalized spacial score (nSPS) is 18.9. The van der Waals surface area contributed by atoms with Crippen LogP contribution in [-0.4, -0.2) is 5.78 Å². The number of nitrogens with zero attached hydrogens (tertiary/aromatic N) is 1. The minimum Gasteiger partial charge on any atom is -0.357 e. The third-order valence-corrected chi connectivity index (χ3v) is 8.86. The highest BCUT2D eigenvalue weighted by Crippen LogP contribution is 2.49. The van der Waals surface area contributed by atoms with E-state index < -0.39 is 0 Å². The molecule has 0 unspecified atom stereocenters. The van der Waals surface area contributed by atoms with E-state index in [1.54, 1.807) is 6.07 Å². The van der Waals surface area contributed by atoms with E-state index in [9.17, 15) is 4.79 Å². The average Bonchev–Trinajstić information content (AvgIpc) is 3.08. The molecule has 41 heavy (non-hydrogen) atoms. The minimum atomic E-state index is -0.372. The first-order chi connectivity index (χ1) is 19.7. The maximum atomic E-state index is 14.3. The minimum absolute atomic E-state index is 0.0798. The van der Waals surface area contributed by atoms with Crippen LogP contribution >= 0.6 is 23.2 Å². The summed E-state index contributed by atoms with van der Waals surface area (Å²) in [6.45, 7) is 7.28. The summed E-state index contributed by atoms with van der Waals surface area (Å²) >= 11 is 13.2. The number of para-hydroxylation sites is 2. The number of rotatable bonds is 4. The number of anilines is 2. The van der Waals surface area contributed by atoms with Gasteiger partial charge < -0.3 is 10.2 Å². The van der Waals surface area contributed by atoms with Crippen LogP contribution < -0.4 is 10.2 Å². The first-order valence-corrected chi connectivity index (χ1v) is 14.9. The van der Waals surface area contributed by atoms with Crippen molar-refractivity contribution in [3.8, 4) is 0 Å². The highest BCUT2D eigenvalue weighted by Gasteiger charge is 2.40.